The molecule has 22 heavy (non-hydrogen) atoms. The van der Waals surface area contributed by atoms with Crippen molar-refractivity contribution in [2.24, 2.45) is 9.98 Å². The molecule has 0 unspecified atom stereocenters. The van der Waals surface area contributed by atoms with Gasteiger partial charge >= 0.3 is 0 Å². The predicted molar refractivity (Wildman–Crippen MR) is 91.9 cm³/mol. The van der Waals surface area contributed by atoms with Gasteiger partial charge in [0.15, 0.2) is 0 Å². The average molecular weight is 294 g/mol. The number of rotatable bonds is 9. The second-order valence-electron chi connectivity index (χ2n) is 4.99. The van der Waals surface area contributed by atoms with Crippen LogP contribution in [0.3, 0.4) is 0 Å². The maximum absolute atomic E-state index is 4.39. The van der Waals surface area contributed by atoms with Crippen LogP contribution in [0.1, 0.15) is 37.1 Å². The van der Waals surface area contributed by atoms with Crippen molar-refractivity contribution in [2.75, 3.05) is 13.1 Å². The Bertz CT molecular complexity index is 511. The van der Waals surface area contributed by atoms with Gasteiger partial charge in [0.2, 0.25) is 0 Å². The molecule has 0 fully saturated rings. The fourth-order valence-electron chi connectivity index (χ4n) is 1.98. The van der Waals surface area contributed by atoms with Crippen molar-refractivity contribution >= 4 is 12.4 Å². The van der Waals surface area contributed by atoms with E-state index in [1.54, 1.807) is 12.4 Å². The molecule has 0 aromatic carbocycles. The molecule has 2 aromatic heterocycles. The lowest BCUT2D eigenvalue weighted by atomic mass is 10.2. The Morgan fingerprint density at radius 3 is 1.59 bits per heavy atom. The lowest BCUT2D eigenvalue weighted by Gasteiger charge is -1.97. The van der Waals surface area contributed by atoms with E-state index in [4.69, 9.17) is 0 Å². The third kappa shape index (κ3) is 6.88. The first-order chi connectivity index (χ1) is 10.9. The summed E-state index contributed by atoms with van der Waals surface area (Å²) in [4.78, 5) is 17.2. The Balaban J connectivity index is 1.48. The number of nitrogens with zero attached hydrogens (tertiary/aromatic N) is 4. The molecule has 2 heterocycles. The molecule has 4 heteroatoms. The summed E-state index contributed by atoms with van der Waals surface area (Å²) < 4.78 is 0. The van der Waals surface area contributed by atoms with Gasteiger partial charge in [0.25, 0.3) is 0 Å². The number of pyridine rings is 2. The molecule has 0 N–H and O–H groups in total. The van der Waals surface area contributed by atoms with E-state index in [9.17, 15) is 0 Å². The van der Waals surface area contributed by atoms with Gasteiger partial charge < -0.3 is 0 Å². The van der Waals surface area contributed by atoms with Crippen molar-refractivity contribution in [3.63, 3.8) is 0 Å². The first-order valence-corrected chi connectivity index (χ1v) is 7.77. The number of hydrogen-bond donors (Lipinski definition) is 0. The van der Waals surface area contributed by atoms with Crippen LogP contribution >= 0.6 is 0 Å². The van der Waals surface area contributed by atoms with Gasteiger partial charge in [-0.15, -0.1) is 0 Å². The quantitative estimate of drug-likeness (QED) is 0.524. The summed E-state index contributed by atoms with van der Waals surface area (Å²) in [5.41, 5.74) is 1.85. The highest BCUT2D eigenvalue weighted by Gasteiger charge is 1.90. The maximum Gasteiger partial charge on any atom is 0.0807 e. The van der Waals surface area contributed by atoms with Crippen LogP contribution in [-0.4, -0.2) is 35.5 Å². The molecule has 0 spiro atoms. The number of unbranched alkanes of at least 4 members (excludes halogenated alkanes) is 3. The minimum Gasteiger partial charge on any atom is -0.291 e. The molecule has 2 rings (SSSR count). The zero-order valence-corrected chi connectivity index (χ0v) is 12.8. The van der Waals surface area contributed by atoms with Gasteiger partial charge in [-0.2, -0.15) is 0 Å². The number of aliphatic imine (C=N–C) groups is 2. The van der Waals surface area contributed by atoms with E-state index in [1.807, 2.05) is 48.8 Å². The van der Waals surface area contributed by atoms with Gasteiger partial charge in [0.1, 0.15) is 0 Å². The molecule has 0 aliphatic carbocycles. The Kier molecular flexibility index (Phi) is 7.56. The molecule has 0 aliphatic rings. The van der Waals surface area contributed by atoms with Crippen molar-refractivity contribution < 1.29 is 0 Å². The van der Waals surface area contributed by atoms with E-state index in [0.29, 0.717) is 0 Å². The van der Waals surface area contributed by atoms with E-state index < -0.39 is 0 Å². The van der Waals surface area contributed by atoms with Crippen molar-refractivity contribution in [3.8, 4) is 0 Å². The molecule has 4 nitrogen and oxygen atoms in total. The number of hydrogen-bond acceptors (Lipinski definition) is 4. The van der Waals surface area contributed by atoms with Crippen LogP contribution in [-0.2, 0) is 0 Å². The zero-order chi connectivity index (χ0) is 15.3. The van der Waals surface area contributed by atoms with Crippen molar-refractivity contribution in [1.82, 2.24) is 9.97 Å². The zero-order valence-electron chi connectivity index (χ0n) is 12.8. The molecule has 0 amide bonds. The first-order valence-electron chi connectivity index (χ1n) is 7.77. The van der Waals surface area contributed by atoms with Gasteiger partial charge in [0, 0.05) is 37.9 Å². The van der Waals surface area contributed by atoms with E-state index in [-0.39, 0.29) is 0 Å². The van der Waals surface area contributed by atoms with Crippen LogP contribution in [0.5, 0.6) is 0 Å². The second-order valence-corrected chi connectivity index (χ2v) is 4.99. The van der Waals surface area contributed by atoms with Crippen LogP contribution in [0.15, 0.2) is 58.8 Å². The molecule has 0 saturated heterocycles. The van der Waals surface area contributed by atoms with Gasteiger partial charge in [-0.25, -0.2) is 0 Å². The lowest BCUT2D eigenvalue weighted by molar-refractivity contribution is 0.655. The highest BCUT2D eigenvalue weighted by molar-refractivity contribution is 5.77. The molecular weight excluding hydrogens is 272 g/mol. The minimum absolute atomic E-state index is 0.869. The van der Waals surface area contributed by atoms with Gasteiger partial charge in [0.05, 0.1) is 11.4 Å². The summed E-state index contributed by atoms with van der Waals surface area (Å²) in [6, 6.07) is 11.7. The van der Waals surface area contributed by atoms with Crippen LogP contribution < -0.4 is 0 Å². The Morgan fingerprint density at radius 1 is 0.682 bits per heavy atom. The molecule has 2 aromatic rings. The monoisotopic (exact) mass is 294 g/mol. The maximum atomic E-state index is 4.39. The summed E-state index contributed by atoms with van der Waals surface area (Å²) in [6.45, 7) is 1.74. The van der Waals surface area contributed by atoms with E-state index in [0.717, 1.165) is 37.3 Å². The molecule has 114 valence electrons. The summed E-state index contributed by atoms with van der Waals surface area (Å²) in [6.07, 6.45) is 11.9. The van der Waals surface area contributed by atoms with E-state index >= 15 is 0 Å². The molecule has 0 atom stereocenters. The van der Waals surface area contributed by atoms with Crippen molar-refractivity contribution in [1.29, 1.82) is 0 Å². The molecular formula is C18H22N4. The SMILES string of the molecule is C(=NCCCCCCN=Cc1ccccn1)c1ccccn1. The average Bonchev–Trinajstić information content (AvgIpc) is 2.58. The summed E-state index contributed by atoms with van der Waals surface area (Å²) in [5.74, 6) is 0. The highest BCUT2D eigenvalue weighted by Crippen LogP contribution is 2.01. The largest absolute Gasteiger partial charge is 0.291 e. The number of aromatic nitrogens is 2. The van der Waals surface area contributed by atoms with Crippen molar-refractivity contribution in [2.45, 2.75) is 25.7 Å². The topological polar surface area (TPSA) is 50.5 Å². The van der Waals surface area contributed by atoms with Gasteiger partial charge in [-0.1, -0.05) is 25.0 Å². The summed E-state index contributed by atoms with van der Waals surface area (Å²) in [5, 5.41) is 0. The summed E-state index contributed by atoms with van der Waals surface area (Å²) in [7, 11) is 0. The predicted octanol–water partition coefficient (Wildman–Crippen LogP) is 3.58. The van der Waals surface area contributed by atoms with Crippen LogP contribution in [0, 0.1) is 0 Å². The van der Waals surface area contributed by atoms with E-state index in [1.165, 1.54) is 12.8 Å². The normalized spacial score (nSPS) is 11.5. The van der Waals surface area contributed by atoms with Crippen molar-refractivity contribution in [3.05, 3.63) is 60.2 Å². The van der Waals surface area contributed by atoms with Crippen LogP contribution in [0.2, 0.25) is 0 Å². The minimum atomic E-state index is 0.869. The third-order valence-corrected chi connectivity index (χ3v) is 3.15. The second kappa shape index (κ2) is 10.4. The Labute approximate surface area is 132 Å². The fourth-order valence-corrected chi connectivity index (χ4v) is 1.98. The van der Waals surface area contributed by atoms with E-state index in [2.05, 4.69) is 20.0 Å². The van der Waals surface area contributed by atoms with Crippen LogP contribution in [0.4, 0.5) is 0 Å². The Hall–Kier alpha value is -2.36. The van der Waals surface area contributed by atoms with Crippen LogP contribution in [0.25, 0.3) is 0 Å². The molecule has 0 aliphatic heterocycles. The lowest BCUT2D eigenvalue weighted by Crippen LogP contribution is -1.90. The first kappa shape index (κ1) is 16.0. The molecule has 0 radical (unpaired) electrons. The third-order valence-electron chi connectivity index (χ3n) is 3.15. The fraction of sp³-hybridized carbons (Fsp3) is 0.333. The smallest absolute Gasteiger partial charge is 0.0807 e. The standard InChI is InChI=1S/C18H22N4/c1(5-11-19-15-17-9-3-7-13-21-17)2-6-12-20-16-18-10-4-8-14-22-18/h3-4,7-10,13-16H,1-2,5-6,11-12H2. The van der Waals surface area contributed by atoms with Gasteiger partial charge in [-0.3, -0.25) is 20.0 Å². The van der Waals surface area contributed by atoms with Gasteiger partial charge in [-0.05, 0) is 37.1 Å². The summed E-state index contributed by atoms with van der Waals surface area (Å²) >= 11 is 0. The Morgan fingerprint density at radius 2 is 1.18 bits per heavy atom. The molecule has 0 bridgehead atoms. The highest BCUT2D eigenvalue weighted by atomic mass is 14.8. The molecule has 0 saturated carbocycles.